The predicted octanol–water partition coefficient (Wildman–Crippen LogP) is 0.920. The lowest BCUT2D eigenvalue weighted by molar-refractivity contribution is -0.0537. The number of hydrogen-bond acceptors (Lipinski definition) is 1. The summed E-state index contributed by atoms with van der Waals surface area (Å²) in [5.74, 6) is 0. The van der Waals surface area contributed by atoms with Gasteiger partial charge in [-0.2, -0.15) is 0 Å². The zero-order chi connectivity index (χ0) is 7.44. The van der Waals surface area contributed by atoms with Crippen molar-refractivity contribution in [1.29, 1.82) is 0 Å². The minimum absolute atomic E-state index is 1.58. The first kappa shape index (κ1) is 8.68. The SMILES string of the molecule is OC(C(F)F)C(F)CF. The molecular formula is C4H6F4O. The van der Waals surface area contributed by atoms with E-state index in [1.54, 1.807) is 0 Å². The van der Waals surface area contributed by atoms with E-state index in [-0.39, 0.29) is 0 Å². The Morgan fingerprint density at radius 2 is 1.67 bits per heavy atom. The molecule has 0 aliphatic carbocycles. The third-order valence-corrected chi connectivity index (χ3v) is 0.776. The molecule has 0 saturated carbocycles. The molecule has 9 heavy (non-hydrogen) atoms. The van der Waals surface area contributed by atoms with Gasteiger partial charge in [0.25, 0.3) is 6.43 Å². The fourth-order valence-corrected chi connectivity index (χ4v) is 0.249. The summed E-state index contributed by atoms with van der Waals surface area (Å²) in [6.07, 6.45) is -8.17. The van der Waals surface area contributed by atoms with Gasteiger partial charge < -0.3 is 5.11 Å². The van der Waals surface area contributed by atoms with Crippen molar-refractivity contribution < 1.29 is 22.7 Å². The van der Waals surface area contributed by atoms with Crippen molar-refractivity contribution in [1.82, 2.24) is 0 Å². The lowest BCUT2D eigenvalue weighted by Gasteiger charge is -2.09. The molecule has 0 amide bonds. The summed E-state index contributed by atoms with van der Waals surface area (Å²) in [5.41, 5.74) is 0. The third-order valence-electron chi connectivity index (χ3n) is 0.776. The molecule has 0 saturated heterocycles. The van der Waals surface area contributed by atoms with E-state index in [0.717, 1.165) is 0 Å². The van der Waals surface area contributed by atoms with Crippen molar-refractivity contribution in [3.05, 3.63) is 0 Å². The number of hydrogen-bond donors (Lipinski definition) is 1. The maximum Gasteiger partial charge on any atom is 0.267 e. The van der Waals surface area contributed by atoms with Crippen molar-refractivity contribution in [3.8, 4) is 0 Å². The van der Waals surface area contributed by atoms with Gasteiger partial charge in [-0.05, 0) is 0 Å². The molecule has 2 atom stereocenters. The normalized spacial score (nSPS) is 18.0. The van der Waals surface area contributed by atoms with Crippen LogP contribution in [0.5, 0.6) is 0 Å². The Morgan fingerprint density at radius 1 is 1.22 bits per heavy atom. The number of halogens is 4. The summed E-state index contributed by atoms with van der Waals surface area (Å²) in [6.45, 7) is -1.58. The highest BCUT2D eigenvalue weighted by Crippen LogP contribution is 2.08. The Bertz CT molecular complexity index is 77.0. The largest absolute Gasteiger partial charge is 0.384 e. The molecular weight excluding hydrogens is 140 g/mol. The first-order chi connectivity index (χ1) is 4.09. The van der Waals surface area contributed by atoms with E-state index in [2.05, 4.69) is 0 Å². The summed E-state index contributed by atoms with van der Waals surface area (Å²) in [6, 6.07) is 0. The van der Waals surface area contributed by atoms with Crippen LogP contribution in [-0.2, 0) is 0 Å². The second-order valence-corrected chi connectivity index (χ2v) is 1.50. The maximum atomic E-state index is 11.7. The Labute approximate surface area is 49.3 Å². The number of aliphatic hydroxyl groups is 1. The van der Waals surface area contributed by atoms with Crippen molar-refractivity contribution >= 4 is 0 Å². The smallest absolute Gasteiger partial charge is 0.267 e. The first-order valence-electron chi connectivity index (χ1n) is 2.26. The molecule has 0 spiro atoms. The van der Waals surface area contributed by atoms with Gasteiger partial charge >= 0.3 is 0 Å². The van der Waals surface area contributed by atoms with Crippen LogP contribution < -0.4 is 0 Å². The van der Waals surface area contributed by atoms with Crippen LogP contribution in [0.3, 0.4) is 0 Å². The molecule has 0 aromatic rings. The van der Waals surface area contributed by atoms with Crippen LogP contribution in [0.25, 0.3) is 0 Å². The minimum Gasteiger partial charge on any atom is -0.384 e. The standard InChI is InChI=1S/C4H6F4O/c5-1-2(6)3(9)4(7)8/h2-4,9H,1H2. The molecule has 0 radical (unpaired) electrons. The summed E-state index contributed by atoms with van der Waals surface area (Å²) in [5, 5.41) is 8.03. The zero-order valence-corrected chi connectivity index (χ0v) is 4.40. The van der Waals surface area contributed by atoms with Crippen LogP contribution in [0, 0.1) is 0 Å². The van der Waals surface area contributed by atoms with E-state index < -0.39 is 25.4 Å². The Morgan fingerprint density at radius 3 is 1.78 bits per heavy atom. The molecule has 1 nitrogen and oxygen atoms in total. The molecule has 0 aliphatic heterocycles. The molecule has 0 rings (SSSR count). The van der Waals surface area contributed by atoms with Gasteiger partial charge in [0.15, 0.2) is 6.17 Å². The van der Waals surface area contributed by atoms with Gasteiger partial charge in [0, 0.05) is 0 Å². The van der Waals surface area contributed by atoms with Gasteiger partial charge in [0.2, 0.25) is 0 Å². The third kappa shape index (κ3) is 2.64. The van der Waals surface area contributed by atoms with Crippen LogP contribution in [-0.4, -0.2) is 30.5 Å². The van der Waals surface area contributed by atoms with Crippen molar-refractivity contribution in [2.75, 3.05) is 6.67 Å². The lowest BCUT2D eigenvalue weighted by Crippen LogP contribution is -2.30. The monoisotopic (exact) mass is 146 g/mol. The molecule has 2 unspecified atom stereocenters. The van der Waals surface area contributed by atoms with Crippen LogP contribution >= 0.6 is 0 Å². The Hall–Kier alpha value is -0.320. The average Bonchev–Trinajstić information content (AvgIpc) is 1.84. The lowest BCUT2D eigenvalue weighted by atomic mass is 10.2. The van der Waals surface area contributed by atoms with E-state index in [9.17, 15) is 17.6 Å². The van der Waals surface area contributed by atoms with E-state index >= 15 is 0 Å². The highest BCUT2D eigenvalue weighted by molar-refractivity contribution is 4.67. The molecule has 5 heteroatoms. The maximum absolute atomic E-state index is 11.7. The van der Waals surface area contributed by atoms with Gasteiger partial charge in [-0.25, -0.2) is 17.6 Å². The average molecular weight is 146 g/mol. The minimum atomic E-state index is -3.21. The Kier molecular flexibility index (Phi) is 3.53. The summed E-state index contributed by atoms with van der Waals surface area (Å²) >= 11 is 0. The molecule has 0 aromatic carbocycles. The van der Waals surface area contributed by atoms with Crippen molar-refractivity contribution in [2.24, 2.45) is 0 Å². The number of rotatable bonds is 3. The van der Waals surface area contributed by atoms with Crippen LogP contribution in [0.1, 0.15) is 0 Å². The second kappa shape index (κ2) is 3.66. The molecule has 1 N–H and O–H groups in total. The van der Waals surface area contributed by atoms with Crippen molar-refractivity contribution in [2.45, 2.75) is 18.7 Å². The fourth-order valence-electron chi connectivity index (χ4n) is 0.249. The van der Waals surface area contributed by atoms with Gasteiger partial charge in [-0.3, -0.25) is 0 Å². The Balaban J connectivity index is 3.58. The summed E-state index contributed by atoms with van der Waals surface area (Å²) in [4.78, 5) is 0. The van der Waals surface area contributed by atoms with E-state index in [4.69, 9.17) is 5.11 Å². The van der Waals surface area contributed by atoms with Gasteiger partial charge in [-0.15, -0.1) is 0 Å². The summed E-state index contributed by atoms with van der Waals surface area (Å²) in [7, 11) is 0. The number of alkyl halides is 4. The second-order valence-electron chi connectivity index (χ2n) is 1.50. The molecule has 0 aliphatic rings. The summed E-state index contributed by atoms with van der Waals surface area (Å²) < 4.78 is 45.2. The van der Waals surface area contributed by atoms with E-state index in [0.29, 0.717) is 0 Å². The number of aliphatic hydroxyl groups excluding tert-OH is 1. The molecule has 0 heterocycles. The van der Waals surface area contributed by atoms with Gasteiger partial charge in [0.1, 0.15) is 12.8 Å². The predicted molar refractivity (Wildman–Crippen MR) is 22.9 cm³/mol. The fraction of sp³-hybridized carbons (Fsp3) is 1.00. The highest BCUT2D eigenvalue weighted by atomic mass is 19.3. The van der Waals surface area contributed by atoms with E-state index in [1.807, 2.05) is 0 Å². The molecule has 0 bridgehead atoms. The van der Waals surface area contributed by atoms with Crippen LogP contribution in [0.4, 0.5) is 17.6 Å². The molecule has 0 fully saturated rings. The van der Waals surface area contributed by atoms with Crippen LogP contribution in [0.15, 0.2) is 0 Å². The van der Waals surface area contributed by atoms with E-state index in [1.165, 1.54) is 0 Å². The van der Waals surface area contributed by atoms with Gasteiger partial charge in [-0.1, -0.05) is 0 Å². The topological polar surface area (TPSA) is 20.2 Å². The van der Waals surface area contributed by atoms with Crippen molar-refractivity contribution in [3.63, 3.8) is 0 Å². The quantitative estimate of drug-likeness (QED) is 0.587. The first-order valence-corrected chi connectivity index (χ1v) is 2.26. The van der Waals surface area contributed by atoms with Crippen LogP contribution in [0.2, 0.25) is 0 Å². The zero-order valence-electron chi connectivity index (χ0n) is 4.40. The highest BCUT2D eigenvalue weighted by Gasteiger charge is 2.26. The molecule has 56 valence electrons. The molecule has 0 aromatic heterocycles. The van der Waals surface area contributed by atoms with Gasteiger partial charge in [0.05, 0.1) is 0 Å².